The van der Waals surface area contributed by atoms with Crippen LogP contribution in [0.5, 0.6) is 5.75 Å². The van der Waals surface area contributed by atoms with E-state index in [1.807, 2.05) is 49.5 Å². The summed E-state index contributed by atoms with van der Waals surface area (Å²) >= 11 is 6.22. The van der Waals surface area contributed by atoms with Crippen LogP contribution in [-0.2, 0) is 6.54 Å². The summed E-state index contributed by atoms with van der Waals surface area (Å²) in [6, 6.07) is 15.7. The Morgan fingerprint density at radius 2 is 1.96 bits per heavy atom. The predicted molar refractivity (Wildman–Crippen MR) is 110 cm³/mol. The molecule has 0 amide bonds. The quantitative estimate of drug-likeness (QED) is 0.622. The van der Waals surface area contributed by atoms with Crippen molar-refractivity contribution in [2.24, 2.45) is 0 Å². The summed E-state index contributed by atoms with van der Waals surface area (Å²) < 4.78 is 11.6. The second-order valence-electron chi connectivity index (χ2n) is 6.93. The van der Waals surface area contributed by atoms with E-state index in [1.165, 1.54) is 0 Å². The average molecular weight is 399 g/mol. The molecular formula is C21H23ClN4O2. The van der Waals surface area contributed by atoms with Gasteiger partial charge in [-0.1, -0.05) is 41.0 Å². The smallest absolute Gasteiger partial charge is 0.241 e. The second kappa shape index (κ2) is 8.20. The third-order valence-electron chi connectivity index (χ3n) is 4.81. The van der Waals surface area contributed by atoms with Gasteiger partial charge in [-0.2, -0.15) is 4.98 Å². The number of halogens is 1. The van der Waals surface area contributed by atoms with Gasteiger partial charge < -0.3 is 14.2 Å². The maximum atomic E-state index is 6.22. The lowest BCUT2D eigenvalue weighted by Gasteiger charge is -2.37. The highest BCUT2D eigenvalue weighted by atomic mass is 35.5. The lowest BCUT2D eigenvalue weighted by atomic mass is 10.2. The van der Waals surface area contributed by atoms with Crippen LogP contribution in [0.15, 0.2) is 53.1 Å². The molecule has 1 atom stereocenters. The van der Waals surface area contributed by atoms with Crippen molar-refractivity contribution in [2.75, 3.05) is 31.6 Å². The molecule has 3 aromatic rings. The Labute approximate surface area is 169 Å². The molecule has 7 heteroatoms. The number of benzene rings is 2. The minimum atomic E-state index is 0.0748. The maximum absolute atomic E-state index is 6.22. The van der Waals surface area contributed by atoms with Gasteiger partial charge in [-0.25, -0.2) is 0 Å². The molecule has 6 nitrogen and oxygen atoms in total. The average Bonchev–Trinajstić information content (AvgIpc) is 3.15. The van der Waals surface area contributed by atoms with Crippen LogP contribution in [0.25, 0.3) is 11.4 Å². The van der Waals surface area contributed by atoms with E-state index >= 15 is 0 Å². The Morgan fingerprint density at radius 1 is 1.18 bits per heavy atom. The molecule has 1 aliphatic heterocycles. The molecule has 0 radical (unpaired) electrons. The monoisotopic (exact) mass is 398 g/mol. The normalized spacial score (nSPS) is 16.1. The second-order valence-corrected chi connectivity index (χ2v) is 7.34. The zero-order chi connectivity index (χ0) is 19.5. The Balaban J connectivity index is 1.40. The molecule has 0 saturated carbocycles. The molecule has 0 N–H and O–H groups in total. The molecule has 0 aliphatic carbocycles. The highest BCUT2D eigenvalue weighted by Gasteiger charge is 2.26. The van der Waals surface area contributed by atoms with Crippen molar-refractivity contribution >= 4 is 17.3 Å². The van der Waals surface area contributed by atoms with E-state index in [1.54, 1.807) is 0 Å². The molecule has 0 spiro atoms. The highest BCUT2D eigenvalue weighted by Crippen LogP contribution is 2.33. The van der Waals surface area contributed by atoms with Crippen LogP contribution in [0.4, 0.5) is 5.69 Å². The fourth-order valence-electron chi connectivity index (χ4n) is 3.49. The lowest BCUT2D eigenvalue weighted by molar-refractivity contribution is 0.133. The van der Waals surface area contributed by atoms with Gasteiger partial charge in [0.25, 0.3) is 0 Å². The summed E-state index contributed by atoms with van der Waals surface area (Å²) in [5.41, 5.74) is 1.93. The van der Waals surface area contributed by atoms with Gasteiger partial charge in [-0.05, 0) is 38.2 Å². The van der Waals surface area contributed by atoms with E-state index in [0.717, 1.165) is 36.6 Å². The van der Waals surface area contributed by atoms with Crippen LogP contribution in [0, 0.1) is 0 Å². The van der Waals surface area contributed by atoms with Crippen LogP contribution in [-0.4, -0.2) is 47.8 Å². The third kappa shape index (κ3) is 3.98. The summed E-state index contributed by atoms with van der Waals surface area (Å²) in [7, 11) is 2.03. The van der Waals surface area contributed by atoms with Gasteiger partial charge in [0.15, 0.2) is 0 Å². The molecule has 2 heterocycles. The third-order valence-corrected chi connectivity index (χ3v) is 5.14. The Hall–Kier alpha value is -2.57. The Kier molecular flexibility index (Phi) is 5.50. The summed E-state index contributed by atoms with van der Waals surface area (Å²) in [6.45, 7) is 5.27. The summed E-state index contributed by atoms with van der Waals surface area (Å²) in [4.78, 5) is 8.97. The maximum Gasteiger partial charge on any atom is 0.241 e. The number of ether oxygens (including phenoxy) is 1. The van der Waals surface area contributed by atoms with Gasteiger partial charge >= 0.3 is 0 Å². The molecule has 146 valence electrons. The molecule has 0 bridgehead atoms. The molecule has 1 aromatic heterocycles. The summed E-state index contributed by atoms with van der Waals surface area (Å²) in [5.74, 6) is 2.00. The summed E-state index contributed by atoms with van der Waals surface area (Å²) in [5, 5.41) is 4.67. The minimum absolute atomic E-state index is 0.0748. The number of anilines is 1. The number of nitrogens with zero attached hydrogens (tertiary/aromatic N) is 4. The van der Waals surface area contributed by atoms with E-state index in [4.69, 9.17) is 20.9 Å². The van der Waals surface area contributed by atoms with Crippen LogP contribution < -0.4 is 9.64 Å². The van der Waals surface area contributed by atoms with E-state index in [9.17, 15) is 0 Å². The predicted octanol–water partition coefficient (Wildman–Crippen LogP) is 4.11. The molecule has 28 heavy (non-hydrogen) atoms. The van der Waals surface area contributed by atoms with Crippen LogP contribution >= 0.6 is 11.6 Å². The fourth-order valence-corrected chi connectivity index (χ4v) is 3.71. The van der Waals surface area contributed by atoms with Crippen molar-refractivity contribution in [1.82, 2.24) is 15.0 Å². The van der Waals surface area contributed by atoms with Crippen molar-refractivity contribution in [1.29, 1.82) is 0 Å². The van der Waals surface area contributed by atoms with Gasteiger partial charge in [0.1, 0.15) is 11.9 Å². The highest BCUT2D eigenvalue weighted by molar-refractivity contribution is 6.33. The Morgan fingerprint density at radius 3 is 2.79 bits per heavy atom. The fraction of sp³-hybridized carbons (Fsp3) is 0.333. The number of para-hydroxylation sites is 2. The molecule has 2 aromatic carbocycles. The number of hydrogen-bond acceptors (Lipinski definition) is 6. The standard InChI is InChI=1S/C21H23ClN4O2/c1-3-26-13-15(27-19-11-7-6-10-18(19)26)12-25(2)14-20-23-21(24-28-20)16-8-4-5-9-17(16)22/h4-11,15H,3,12-14H2,1-2H3. The zero-order valence-electron chi connectivity index (χ0n) is 16.0. The van der Waals surface area contributed by atoms with Crippen molar-refractivity contribution in [3.8, 4) is 17.1 Å². The number of likely N-dealkylation sites (N-methyl/N-ethyl adjacent to an activating group) is 2. The van der Waals surface area contributed by atoms with Crippen molar-refractivity contribution in [2.45, 2.75) is 19.6 Å². The van der Waals surface area contributed by atoms with Crippen LogP contribution in [0.3, 0.4) is 0 Å². The molecule has 0 fully saturated rings. The zero-order valence-corrected chi connectivity index (χ0v) is 16.8. The van der Waals surface area contributed by atoms with E-state index < -0.39 is 0 Å². The number of aromatic nitrogens is 2. The number of fused-ring (bicyclic) bond motifs is 1. The van der Waals surface area contributed by atoms with Gasteiger partial charge in [0.2, 0.25) is 11.7 Å². The minimum Gasteiger partial charge on any atom is -0.485 e. The topological polar surface area (TPSA) is 54.6 Å². The van der Waals surface area contributed by atoms with Crippen LogP contribution in [0.2, 0.25) is 5.02 Å². The van der Waals surface area contributed by atoms with Crippen molar-refractivity contribution in [3.05, 3.63) is 59.4 Å². The van der Waals surface area contributed by atoms with Gasteiger partial charge in [0.05, 0.1) is 23.8 Å². The largest absolute Gasteiger partial charge is 0.485 e. The van der Waals surface area contributed by atoms with E-state index in [2.05, 4.69) is 32.9 Å². The SMILES string of the molecule is CCN1CC(CN(C)Cc2nc(-c3ccccc3Cl)no2)Oc2ccccc21. The first-order chi connectivity index (χ1) is 13.6. The van der Waals surface area contributed by atoms with Gasteiger partial charge in [-0.15, -0.1) is 0 Å². The first-order valence-corrected chi connectivity index (χ1v) is 9.78. The number of hydrogen-bond donors (Lipinski definition) is 0. The van der Waals surface area contributed by atoms with Crippen molar-refractivity contribution in [3.63, 3.8) is 0 Å². The van der Waals surface area contributed by atoms with E-state index in [0.29, 0.717) is 23.3 Å². The molecule has 4 rings (SSSR count). The van der Waals surface area contributed by atoms with E-state index in [-0.39, 0.29) is 6.10 Å². The molecular weight excluding hydrogens is 376 g/mol. The molecule has 1 unspecified atom stereocenters. The first-order valence-electron chi connectivity index (χ1n) is 9.40. The first kappa shape index (κ1) is 18.8. The number of rotatable bonds is 6. The Bertz CT molecular complexity index is 945. The summed E-state index contributed by atoms with van der Waals surface area (Å²) in [6.07, 6.45) is 0.0748. The van der Waals surface area contributed by atoms with Gasteiger partial charge in [-0.3, -0.25) is 4.90 Å². The molecule has 1 aliphatic rings. The van der Waals surface area contributed by atoms with Crippen molar-refractivity contribution < 1.29 is 9.26 Å². The van der Waals surface area contributed by atoms with Gasteiger partial charge in [0, 0.05) is 18.7 Å². The van der Waals surface area contributed by atoms with Crippen LogP contribution in [0.1, 0.15) is 12.8 Å². The molecule has 0 saturated heterocycles. The lowest BCUT2D eigenvalue weighted by Crippen LogP contribution is -2.45.